The lowest BCUT2D eigenvalue weighted by molar-refractivity contribution is -0.384. The Kier molecular flexibility index (Phi) is 4.07. The van der Waals surface area contributed by atoms with Gasteiger partial charge in [-0.15, -0.1) is 5.10 Å². The van der Waals surface area contributed by atoms with Crippen LogP contribution in [0.4, 0.5) is 11.6 Å². The van der Waals surface area contributed by atoms with Crippen molar-refractivity contribution in [3.8, 4) is 11.4 Å². The summed E-state index contributed by atoms with van der Waals surface area (Å²) in [5, 5.41) is 18.4. The van der Waals surface area contributed by atoms with Gasteiger partial charge in [0.1, 0.15) is 6.04 Å². The van der Waals surface area contributed by atoms with Crippen molar-refractivity contribution in [3.05, 3.63) is 75.7 Å². The van der Waals surface area contributed by atoms with Crippen LogP contribution in [0.25, 0.3) is 11.4 Å². The first-order valence-corrected chi connectivity index (χ1v) is 8.34. The molecule has 10 heteroatoms. The summed E-state index contributed by atoms with van der Waals surface area (Å²) in [6.07, 6.45) is 3.28. The fraction of sp³-hybridized carbons (Fsp3) is 0.111. The van der Waals surface area contributed by atoms with Crippen LogP contribution in [0.3, 0.4) is 0 Å². The van der Waals surface area contributed by atoms with Gasteiger partial charge in [0.25, 0.3) is 5.69 Å². The number of allylic oxidation sites excluding steroid dienone is 1. The molecule has 1 aliphatic heterocycles. The Balaban J connectivity index is 1.82. The van der Waals surface area contributed by atoms with Crippen LogP contribution in [-0.2, 0) is 4.79 Å². The lowest BCUT2D eigenvalue weighted by Crippen LogP contribution is -2.31. The molecule has 1 atom stereocenters. The van der Waals surface area contributed by atoms with Crippen molar-refractivity contribution in [2.24, 2.45) is 5.73 Å². The minimum atomic E-state index is -0.582. The molecule has 4 rings (SSSR count). The van der Waals surface area contributed by atoms with Gasteiger partial charge < -0.3 is 11.1 Å². The molecule has 0 saturated carbocycles. The lowest BCUT2D eigenvalue weighted by atomic mass is 9.97. The van der Waals surface area contributed by atoms with E-state index in [1.54, 1.807) is 42.2 Å². The summed E-state index contributed by atoms with van der Waals surface area (Å²) in [6.45, 7) is 1.74. The standard InChI is InChI=1S/C18H15N7O3/c1-10-14(16(19)26)15(12-3-2-8-20-9-12)24-18(21-10)22-17(23-24)11-4-6-13(7-5-11)25(27)28/h2-9,15H,1H3,(H2,19,26)(H,21,22,23). The number of rotatable bonds is 4. The number of nitrogens with zero attached hydrogens (tertiary/aromatic N) is 5. The molecular weight excluding hydrogens is 362 g/mol. The van der Waals surface area contributed by atoms with E-state index in [4.69, 9.17) is 5.73 Å². The summed E-state index contributed by atoms with van der Waals surface area (Å²) in [6, 6.07) is 8.94. The van der Waals surface area contributed by atoms with Gasteiger partial charge in [0.2, 0.25) is 11.9 Å². The number of carbonyl (C=O) groups is 1. The number of aromatic nitrogens is 4. The number of hydrogen-bond donors (Lipinski definition) is 2. The van der Waals surface area contributed by atoms with Crippen molar-refractivity contribution < 1.29 is 9.72 Å². The highest BCUT2D eigenvalue weighted by Gasteiger charge is 2.33. The van der Waals surface area contributed by atoms with Gasteiger partial charge in [0.15, 0.2) is 5.82 Å². The highest BCUT2D eigenvalue weighted by atomic mass is 16.6. The fourth-order valence-corrected chi connectivity index (χ4v) is 3.17. The summed E-state index contributed by atoms with van der Waals surface area (Å²) >= 11 is 0. The molecule has 10 nitrogen and oxygen atoms in total. The predicted octanol–water partition coefficient (Wildman–Crippen LogP) is 2.02. The number of primary amides is 1. The quantitative estimate of drug-likeness (QED) is 0.523. The van der Waals surface area contributed by atoms with Gasteiger partial charge in [-0.2, -0.15) is 4.98 Å². The molecule has 3 heterocycles. The molecule has 1 unspecified atom stereocenters. The van der Waals surface area contributed by atoms with Gasteiger partial charge in [0, 0.05) is 35.8 Å². The number of carbonyl (C=O) groups excluding carboxylic acids is 1. The molecule has 0 aliphatic carbocycles. The third-order valence-electron chi connectivity index (χ3n) is 4.45. The van der Waals surface area contributed by atoms with E-state index in [0.29, 0.717) is 28.6 Å². The van der Waals surface area contributed by atoms with Gasteiger partial charge >= 0.3 is 0 Å². The van der Waals surface area contributed by atoms with Crippen LogP contribution in [0.2, 0.25) is 0 Å². The average Bonchev–Trinajstić information content (AvgIpc) is 3.11. The zero-order valence-electron chi connectivity index (χ0n) is 14.7. The van der Waals surface area contributed by atoms with Crippen molar-refractivity contribution >= 4 is 17.5 Å². The molecule has 0 spiro atoms. The zero-order valence-corrected chi connectivity index (χ0v) is 14.7. The van der Waals surface area contributed by atoms with Crippen LogP contribution in [0.5, 0.6) is 0 Å². The Labute approximate surface area is 158 Å². The molecule has 3 aromatic rings. The van der Waals surface area contributed by atoms with E-state index < -0.39 is 16.9 Å². The molecule has 0 saturated heterocycles. The van der Waals surface area contributed by atoms with E-state index in [0.717, 1.165) is 5.56 Å². The minimum absolute atomic E-state index is 0.0207. The van der Waals surface area contributed by atoms with E-state index in [1.807, 2.05) is 6.07 Å². The minimum Gasteiger partial charge on any atom is -0.366 e. The number of nitrogens with two attached hydrogens (primary N) is 1. The van der Waals surface area contributed by atoms with Gasteiger partial charge in [-0.25, -0.2) is 4.68 Å². The van der Waals surface area contributed by atoms with Crippen molar-refractivity contribution in [3.63, 3.8) is 0 Å². The van der Waals surface area contributed by atoms with Gasteiger partial charge in [-0.1, -0.05) is 6.07 Å². The van der Waals surface area contributed by atoms with Crippen LogP contribution < -0.4 is 11.1 Å². The van der Waals surface area contributed by atoms with Gasteiger partial charge in [-0.05, 0) is 30.7 Å². The largest absolute Gasteiger partial charge is 0.366 e. The SMILES string of the molecule is CC1=C(C(N)=O)C(c2cccnc2)n2nc(-c3ccc([N+](=O)[O-])cc3)nc2N1. The molecule has 2 aromatic heterocycles. The maximum Gasteiger partial charge on any atom is 0.269 e. The highest BCUT2D eigenvalue weighted by Crippen LogP contribution is 2.35. The molecule has 140 valence electrons. The van der Waals surface area contributed by atoms with Crippen molar-refractivity contribution in [1.29, 1.82) is 0 Å². The number of pyridine rings is 1. The number of nitro benzene ring substituents is 1. The summed E-state index contributed by atoms with van der Waals surface area (Å²) in [5.41, 5.74) is 7.89. The summed E-state index contributed by atoms with van der Waals surface area (Å²) < 4.78 is 1.57. The molecule has 0 fully saturated rings. The number of anilines is 1. The van der Waals surface area contributed by atoms with Crippen LogP contribution in [0, 0.1) is 10.1 Å². The Morgan fingerprint density at radius 3 is 2.64 bits per heavy atom. The first-order chi connectivity index (χ1) is 13.5. The van der Waals surface area contributed by atoms with Gasteiger partial charge in [0.05, 0.1) is 10.5 Å². The number of benzene rings is 1. The highest BCUT2D eigenvalue weighted by molar-refractivity contribution is 5.95. The van der Waals surface area contributed by atoms with Crippen LogP contribution in [-0.4, -0.2) is 30.6 Å². The Morgan fingerprint density at radius 1 is 1.29 bits per heavy atom. The van der Waals surface area contributed by atoms with E-state index in [1.165, 1.54) is 12.1 Å². The van der Waals surface area contributed by atoms with Crippen LogP contribution in [0.1, 0.15) is 18.5 Å². The smallest absolute Gasteiger partial charge is 0.269 e. The molecular formula is C18H15N7O3. The molecule has 28 heavy (non-hydrogen) atoms. The second kappa shape index (κ2) is 6.58. The zero-order chi connectivity index (χ0) is 19.8. The van der Waals surface area contributed by atoms with E-state index >= 15 is 0 Å². The number of nitrogens with one attached hydrogen (secondary N) is 1. The topological polar surface area (TPSA) is 142 Å². The van der Waals surface area contributed by atoms with Crippen LogP contribution >= 0.6 is 0 Å². The number of amides is 1. The van der Waals surface area contributed by atoms with Crippen LogP contribution in [0.15, 0.2) is 60.1 Å². The third kappa shape index (κ3) is 2.86. The average molecular weight is 377 g/mol. The number of nitro groups is 1. The third-order valence-corrected chi connectivity index (χ3v) is 4.45. The van der Waals surface area contributed by atoms with E-state index in [-0.39, 0.29) is 5.69 Å². The predicted molar refractivity (Wildman–Crippen MR) is 100 cm³/mol. The maximum absolute atomic E-state index is 12.1. The molecule has 3 N–H and O–H groups in total. The second-order valence-electron chi connectivity index (χ2n) is 6.22. The number of fused-ring (bicyclic) bond motifs is 1. The number of non-ortho nitro benzene ring substituents is 1. The van der Waals surface area contributed by atoms with E-state index in [9.17, 15) is 14.9 Å². The first-order valence-electron chi connectivity index (χ1n) is 8.34. The second-order valence-corrected chi connectivity index (χ2v) is 6.22. The molecule has 0 bridgehead atoms. The summed E-state index contributed by atoms with van der Waals surface area (Å²) in [7, 11) is 0. The molecule has 1 aromatic carbocycles. The number of hydrogen-bond acceptors (Lipinski definition) is 7. The van der Waals surface area contributed by atoms with E-state index in [2.05, 4.69) is 20.4 Å². The van der Waals surface area contributed by atoms with Crippen molar-refractivity contribution in [2.75, 3.05) is 5.32 Å². The fourth-order valence-electron chi connectivity index (χ4n) is 3.17. The molecule has 0 radical (unpaired) electrons. The Hall–Kier alpha value is -4.08. The van der Waals surface area contributed by atoms with Gasteiger partial charge in [-0.3, -0.25) is 19.9 Å². The molecule has 1 aliphatic rings. The Bertz CT molecular complexity index is 1100. The van der Waals surface area contributed by atoms with Crippen molar-refractivity contribution in [2.45, 2.75) is 13.0 Å². The first kappa shape index (κ1) is 17.3. The monoisotopic (exact) mass is 377 g/mol. The summed E-state index contributed by atoms with van der Waals surface area (Å²) in [5.74, 6) is 0.228. The Morgan fingerprint density at radius 2 is 2.04 bits per heavy atom. The lowest BCUT2D eigenvalue weighted by Gasteiger charge is -2.27. The normalized spacial score (nSPS) is 15.7. The molecule has 1 amide bonds. The summed E-state index contributed by atoms with van der Waals surface area (Å²) in [4.78, 5) is 31.1. The maximum atomic E-state index is 12.1. The van der Waals surface area contributed by atoms with Crippen molar-refractivity contribution in [1.82, 2.24) is 19.7 Å².